The van der Waals surface area contributed by atoms with Gasteiger partial charge in [0.2, 0.25) is 5.91 Å². The summed E-state index contributed by atoms with van der Waals surface area (Å²) in [5, 5.41) is 3.26. The summed E-state index contributed by atoms with van der Waals surface area (Å²) in [4.78, 5) is 50.3. The van der Waals surface area contributed by atoms with Crippen molar-refractivity contribution in [2.24, 2.45) is 5.73 Å². The maximum absolute atomic E-state index is 12.5. The van der Waals surface area contributed by atoms with Crippen LogP contribution in [0.5, 0.6) is 0 Å². The van der Waals surface area contributed by atoms with Gasteiger partial charge in [-0.3, -0.25) is 24.7 Å². The fraction of sp³-hybridized carbons (Fsp3) is 0.444. The summed E-state index contributed by atoms with van der Waals surface area (Å²) in [6.45, 7) is 3.59. The van der Waals surface area contributed by atoms with Crippen molar-refractivity contribution >= 4 is 23.8 Å². The average Bonchev–Trinajstić information content (AvgIpc) is 2.84. The van der Waals surface area contributed by atoms with Gasteiger partial charge in [0, 0.05) is 6.54 Å². The van der Waals surface area contributed by atoms with E-state index >= 15 is 0 Å². The molecule has 144 valence electrons. The molecule has 1 saturated heterocycles. The van der Waals surface area contributed by atoms with Crippen LogP contribution in [0.3, 0.4) is 0 Å². The van der Waals surface area contributed by atoms with Crippen LogP contribution in [-0.2, 0) is 27.3 Å². The third-order valence-electron chi connectivity index (χ3n) is 5.23. The number of nitrogens with two attached hydrogens (primary N) is 1. The second kappa shape index (κ2) is 6.99. The minimum absolute atomic E-state index is 0.165. The van der Waals surface area contributed by atoms with Crippen molar-refractivity contribution in [1.29, 1.82) is 0 Å². The van der Waals surface area contributed by atoms with E-state index in [9.17, 15) is 19.2 Å². The number of benzene rings is 1. The molecular weight excluding hydrogens is 350 g/mol. The van der Waals surface area contributed by atoms with Gasteiger partial charge >= 0.3 is 6.03 Å². The van der Waals surface area contributed by atoms with Gasteiger partial charge in [-0.25, -0.2) is 4.79 Å². The Hall–Kier alpha value is -2.94. The number of amides is 5. The number of primary amides is 1. The Morgan fingerprint density at radius 2 is 1.96 bits per heavy atom. The maximum Gasteiger partial charge on any atom is 0.344 e. The molecule has 0 saturated carbocycles. The molecule has 1 unspecified atom stereocenters. The van der Waals surface area contributed by atoms with E-state index in [2.05, 4.69) is 10.7 Å². The highest BCUT2D eigenvalue weighted by Gasteiger charge is 2.47. The quantitative estimate of drug-likeness (QED) is 0.609. The summed E-state index contributed by atoms with van der Waals surface area (Å²) in [6.07, 6.45) is 0.812. The fourth-order valence-electron chi connectivity index (χ4n) is 3.39. The second-order valence-corrected chi connectivity index (χ2v) is 7.09. The number of carbonyl (C=O) groups excluding carboxylic acids is 4. The van der Waals surface area contributed by atoms with Gasteiger partial charge < -0.3 is 11.1 Å². The molecule has 9 heteroatoms. The first kappa shape index (κ1) is 18.8. The fourth-order valence-corrected chi connectivity index (χ4v) is 3.39. The van der Waals surface area contributed by atoms with Crippen LogP contribution in [0.25, 0.3) is 0 Å². The first-order chi connectivity index (χ1) is 12.7. The normalized spacial score (nSPS) is 25.1. The van der Waals surface area contributed by atoms with Crippen molar-refractivity contribution in [2.75, 3.05) is 6.54 Å². The number of carbonyl (C=O) groups is 4. The molecule has 1 aromatic carbocycles. The Kier molecular flexibility index (Phi) is 4.88. The predicted octanol–water partition coefficient (Wildman–Crippen LogP) is -0.350. The number of nitrogens with zero attached hydrogens (tertiary/aromatic N) is 2. The van der Waals surface area contributed by atoms with Crippen molar-refractivity contribution in [3.05, 3.63) is 35.4 Å². The average molecular weight is 373 g/mol. The lowest BCUT2D eigenvalue weighted by Gasteiger charge is -2.34. The van der Waals surface area contributed by atoms with E-state index in [-0.39, 0.29) is 6.54 Å². The zero-order valence-electron chi connectivity index (χ0n) is 15.3. The lowest BCUT2D eigenvalue weighted by Crippen LogP contribution is -2.55. The minimum Gasteiger partial charge on any atom is -0.368 e. The third kappa shape index (κ3) is 3.50. The third-order valence-corrected chi connectivity index (χ3v) is 5.23. The van der Waals surface area contributed by atoms with Crippen LogP contribution in [0, 0.1) is 0 Å². The van der Waals surface area contributed by atoms with Gasteiger partial charge in [-0.15, -0.1) is 0 Å². The zero-order valence-corrected chi connectivity index (χ0v) is 15.3. The Morgan fingerprint density at radius 3 is 2.56 bits per heavy atom. The van der Waals surface area contributed by atoms with Crippen molar-refractivity contribution < 1.29 is 19.2 Å². The van der Waals surface area contributed by atoms with Gasteiger partial charge in [-0.2, -0.15) is 5.01 Å². The number of hydrazine groups is 1. The van der Waals surface area contributed by atoms with Crippen LogP contribution in [0.15, 0.2) is 24.3 Å². The predicted molar refractivity (Wildman–Crippen MR) is 95.8 cm³/mol. The number of fused-ring (bicyclic) bond motifs is 1. The molecule has 1 aromatic rings. The van der Waals surface area contributed by atoms with E-state index in [0.717, 1.165) is 11.1 Å². The molecule has 2 heterocycles. The number of hydrogen-bond acceptors (Lipinski definition) is 5. The lowest BCUT2D eigenvalue weighted by molar-refractivity contribution is -0.140. The molecule has 3 rings (SSSR count). The van der Waals surface area contributed by atoms with Crippen LogP contribution in [0.2, 0.25) is 0 Å². The Labute approximate surface area is 156 Å². The molecule has 0 spiro atoms. The summed E-state index contributed by atoms with van der Waals surface area (Å²) in [7, 11) is 0. The molecule has 0 aliphatic carbocycles. The van der Waals surface area contributed by atoms with Gasteiger partial charge in [-0.1, -0.05) is 31.2 Å². The first-order valence-corrected chi connectivity index (χ1v) is 8.81. The Bertz CT molecular complexity index is 811. The Morgan fingerprint density at radius 1 is 1.30 bits per heavy atom. The number of nitrogens with one attached hydrogen (secondary N) is 2. The second-order valence-electron chi connectivity index (χ2n) is 7.09. The van der Waals surface area contributed by atoms with Crippen molar-refractivity contribution in [1.82, 2.24) is 20.7 Å². The van der Waals surface area contributed by atoms with Gasteiger partial charge in [-0.05, 0) is 30.9 Å². The lowest BCUT2D eigenvalue weighted by atomic mass is 9.93. The topological polar surface area (TPSA) is 125 Å². The number of hydrogen-bond donors (Lipinski definition) is 3. The number of urea groups is 1. The van der Waals surface area contributed by atoms with Crippen LogP contribution >= 0.6 is 0 Å². The summed E-state index contributed by atoms with van der Waals surface area (Å²) >= 11 is 0. The zero-order chi connectivity index (χ0) is 19.8. The molecule has 2 aliphatic rings. The highest BCUT2D eigenvalue weighted by atomic mass is 16.2. The van der Waals surface area contributed by atoms with E-state index in [1.807, 2.05) is 24.3 Å². The van der Waals surface area contributed by atoms with E-state index < -0.39 is 35.3 Å². The van der Waals surface area contributed by atoms with Crippen LogP contribution in [0.4, 0.5) is 4.79 Å². The summed E-state index contributed by atoms with van der Waals surface area (Å²) in [5.74, 6) is -1.60. The van der Waals surface area contributed by atoms with Crippen molar-refractivity contribution in [3.63, 3.8) is 0 Å². The van der Waals surface area contributed by atoms with E-state index in [1.165, 1.54) is 0 Å². The molecule has 2 atom stereocenters. The molecule has 4 N–H and O–H groups in total. The minimum atomic E-state index is -1.04. The molecule has 5 amide bonds. The van der Waals surface area contributed by atoms with Gasteiger partial charge in [0.25, 0.3) is 11.8 Å². The molecule has 27 heavy (non-hydrogen) atoms. The van der Waals surface area contributed by atoms with E-state index in [4.69, 9.17) is 5.73 Å². The maximum atomic E-state index is 12.5. The van der Waals surface area contributed by atoms with Gasteiger partial charge in [0.15, 0.2) is 0 Å². The van der Waals surface area contributed by atoms with E-state index in [1.54, 1.807) is 18.7 Å². The monoisotopic (exact) mass is 373 g/mol. The standard InChI is InChI=1S/C18H23N5O4/c1-3-18(2)16(26)23(17(27)20-18)21-14(24)10-22-9-12-7-5-4-6-11(12)8-13(22)15(19)25/h4-7,13H,3,8-10H2,1-2H3,(H2,19,25)(H,20,27)(H,21,24)/t13-,18?/m0/s1. The molecule has 0 radical (unpaired) electrons. The van der Waals surface area contributed by atoms with Crippen LogP contribution in [-0.4, -0.2) is 51.8 Å². The Balaban J connectivity index is 1.71. The summed E-state index contributed by atoms with van der Waals surface area (Å²) < 4.78 is 0. The number of rotatable bonds is 5. The van der Waals surface area contributed by atoms with Gasteiger partial charge in [0.1, 0.15) is 5.54 Å². The molecule has 1 fully saturated rings. The molecule has 0 aromatic heterocycles. The van der Waals surface area contributed by atoms with Gasteiger partial charge in [0.05, 0.1) is 12.6 Å². The number of imide groups is 1. The van der Waals surface area contributed by atoms with E-state index in [0.29, 0.717) is 24.4 Å². The summed E-state index contributed by atoms with van der Waals surface area (Å²) in [5.41, 5.74) is 8.84. The molecular formula is C18H23N5O4. The summed E-state index contributed by atoms with van der Waals surface area (Å²) in [6, 6.07) is 6.34. The van der Waals surface area contributed by atoms with Crippen LogP contribution < -0.4 is 16.5 Å². The SMILES string of the molecule is CCC1(C)NC(=O)N(NC(=O)CN2Cc3ccccc3C[C@H]2C(N)=O)C1=O. The highest BCUT2D eigenvalue weighted by Crippen LogP contribution is 2.23. The van der Waals surface area contributed by atoms with Crippen LogP contribution in [0.1, 0.15) is 31.4 Å². The molecule has 9 nitrogen and oxygen atoms in total. The molecule has 0 bridgehead atoms. The van der Waals surface area contributed by atoms with Crippen molar-refractivity contribution in [2.45, 2.75) is 44.8 Å². The smallest absolute Gasteiger partial charge is 0.344 e. The highest BCUT2D eigenvalue weighted by molar-refractivity contribution is 6.07. The van der Waals surface area contributed by atoms with Crippen molar-refractivity contribution in [3.8, 4) is 0 Å². The first-order valence-electron chi connectivity index (χ1n) is 8.81. The molecule has 2 aliphatic heterocycles. The largest absolute Gasteiger partial charge is 0.368 e.